The number of hydrogen-bond donors (Lipinski definition) is 0. The van der Waals surface area contributed by atoms with E-state index in [1.165, 1.54) is 0 Å². The number of nitrogens with zero attached hydrogens (tertiary/aromatic N) is 1. The number of likely N-dealkylation sites (tertiary alicyclic amines) is 1. The second kappa shape index (κ2) is 4.12. The molecule has 2 saturated carbocycles. The molecule has 2 aliphatic carbocycles. The molecule has 0 unspecified atom stereocenters. The van der Waals surface area contributed by atoms with E-state index in [9.17, 15) is 18.0 Å². The molecule has 0 aromatic rings. The van der Waals surface area contributed by atoms with E-state index >= 15 is 0 Å². The second-order valence-corrected chi connectivity index (χ2v) is 6.92. The first kappa shape index (κ1) is 14.2. The molecule has 20 heavy (non-hydrogen) atoms. The number of ether oxygens (including phenoxy) is 1. The van der Waals surface area contributed by atoms with E-state index < -0.39 is 11.8 Å². The SMILES string of the molecule is CC1(C)[C@@H]2CN(C(=O)CCOC3(C(F)(F)F)CC3)C[C@@H]21. The first-order valence-electron chi connectivity index (χ1n) is 7.16. The van der Waals surface area contributed by atoms with Crippen molar-refractivity contribution >= 4 is 5.91 Å². The summed E-state index contributed by atoms with van der Waals surface area (Å²) in [6, 6.07) is 0. The fraction of sp³-hybridized carbons (Fsp3) is 0.929. The summed E-state index contributed by atoms with van der Waals surface area (Å²) in [7, 11) is 0. The zero-order chi connectivity index (χ0) is 14.8. The summed E-state index contributed by atoms with van der Waals surface area (Å²) in [6.07, 6.45) is -4.22. The maximum absolute atomic E-state index is 12.6. The monoisotopic (exact) mass is 291 g/mol. The minimum atomic E-state index is -4.31. The molecule has 0 spiro atoms. The van der Waals surface area contributed by atoms with Gasteiger partial charge in [0.15, 0.2) is 5.60 Å². The normalized spacial score (nSPS) is 33.0. The lowest BCUT2D eigenvalue weighted by atomic mass is 10.1. The average molecular weight is 291 g/mol. The van der Waals surface area contributed by atoms with Crippen LogP contribution in [0, 0.1) is 17.3 Å². The Kier molecular flexibility index (Phi) is 2.92. The van der Waals surface area contributed by atoms with Crippen molar-refractivity contribution in [1.29, 1.82) is 0 Å². The number of amides is 1. The van der Waals surface area contributed by atoms with Crippen molar-refractivity contribution in [3.63, 3.8) is 0 Å². The predicted octanol–water partition coefficient (Wildman–Crippen LogP) is 2.60. The lowest BCUT2D eigenvalue weighted by Gasteiger charge is -2.23. The molecule has 0 aromatic heterocycles. The van der Waals surface area contributed by atoms with Crippen molar-refractivity contribution in [2.24, 2.45) is 17.3 Å². The molecule has 0 radical (unpaired) electrons. The first-order chi connectivity index (χ1) is 9.17. The molecule has 1 heterocycles. The molecule has 0 bridgehead atoms. The van der Waals surface area contributed by atoms with Crippen molar-refractivity contribution < 1.29 is 22.7 Å². The van der Waals surface area contributed by atoms with E-state index in [1.807, 2.05) is 0 Å². The van der Waals surface area contributed by atoms with Crippen molar-refractivity contribution in [3.05, 3.63) is 0 Å². The number of rotatable bonds is 4. The van der Waals surface area contributed by atoms with Crippen LogP contribution in [-0.4, -0.2) is 42.3 Å². The Morgan fingerprint density at radius 1 is 1.25 bits per heavy atom. The smallest absolute Gasteiger partial charge is 0.365 e. The molecule has 6 heteroatoms. The highest BCUT2D eigenvalue weighted by molar-refractivity contribution is 5.77. The average Bonchev–Trinajstić information content (AvgIpc) is 3.13. The van der Waals surface area contributed by atoms with E-state index in [0.717, 1.165) is 13.1 Å². The number of carbonyl (C=O) groups is 1. The summed E-state index contributed by atoms with van der Waals surface area (Å²) in [5, 5.41) is 0. The minimum absolute atomic E-state index is 0.0206. The van der Waals surface area contributed by atoms with Gasteiger partial charge in [-0.15, -0.1) is 0 Å². The summed E-state index contributed by atoms with van der Waals surface area (Å²) < 4.78 is 42.9. The lowest BCUT2D eigenvalue weighted by molar-refractivity contribution is -0.235. The molecule has 3 fully saturated rings. The number of carbonyl (C=O) groups excluding carboxylic acids is 1. The third kappa shape index (κ3) is 2.12. The third-order valence-corrected chi connectivity index (χ3v) is 5.39. The summed E-state index contributed by atoms with van der Waals surface area (Å²) >= 11 is 0. The van der Waals surface area contributed by atoms with Crippen molar-refractivity contribution in [3.8, 4) is 0 Å². The summed E-state index contributed by atoms with van der Waals surface area (Å²) in [4.78, 5) is 13.7. The summed E-state index contributed by atoms with van der Waals surface area (Å²) in [5.41, 5.74) is -1.62. The predicted molar refractivity (Wildman–Crippen MR) is 65.9 cm³/mol. The number of halogens is 3. The molecule has 1 saturated heterocycles. The maximum atomic E-state index is 12.6. The fourth-order valence-corrected chi connectivity index (χ4v) is 3.45. The Bertz CT molecular complexity index is 415. The second-order valence-electron chi connectivity index (χ2n) is 6.92. The molecular weight excluding hydrogens is 271 g/mol. The molecule has 0 N–H and O–H groups in total. The quantitative estimate of drug-likeness (QED) is 0.797. The molecule has 3 nitrogen and oxygen atoms in total. The first-order valence-corrected chi connectivity index (χ1v) is 7.16. The van der Waals surface area contributed by atoms with Gasteiger partial charge >= 0.3 is 6.18 Å². The number of alkyl halides is 3. The van der Waals surface area contributed by atoms with Crippen LogP contribution >= 0.6 is 0 Å². The van der Waals surface area contributed by atoms with Gasteiger partial charge in [-0.2, -0.15) is 13.2 Å². The standard InChI is InChI=1S/C14H20F3NO2/c1-12(2)9-7-18(8-10(9)12)11(19)3-6-20-13(4-5-13)14(15,16)17/h9-10H,3-8H2,1-2H3/t9-,10+. The van der Waals surface area contributed by atoms with Crippen LogP contribution in [0.15, 0.2) is 0 Å². The van der Waals surface area contributed by atoms with Crippen LogP contribution in [0.5, 0.6) is 0 Å². The van der Waals surface area contributed by atoms with Crippen molar-refractivity contribution in [1.82, 2.24) is 4.90 Å². The minimum Gasteiger partial charge on any atom is -0.365 e. The van der Waals surface area contributed by atoms with Crippen LogP contribution in [0.25, 0.3) is 0 Å². The van der Waals surface area contributed by atoms with Gasteiger partial charge in [-0.3, -0.25) is 4.79 Å². The molecule has 114 valence electrons. The van der Waals surface area contributed by atoms with Gasteiger partial charge in [0.25, 0.3) is 0 Å². The number of piperidine rings is 1. The zero-order valence-electron chi connectivity index (χ0n) is 11.8. The zero-order valence-corrected chi connectivity index (χ0v) is 11.8. The van der Waals surface area contributed by atoms with Gasteiger partial charge < -0.3 is 9.64 Å². The summed E-state index contributed by atoms with van der Waals surface area (Å²) in [5.74, 6) is 1.06. The van der Waals surface area contributed by atoms with Crippen LogP contribution in [-0.2, 0) is 9.53 Å². The maximum Gasteiger partial charge on any atom is 0.417 e. The van der Waals surface area contributed by atoms with Crippen molar-refractivity contribution in [2.45, 2.75) is 44.9 Å². The Morgan fingerprint density at radius 3 is 2.25 bits per heavy atom. The topological polar surface area (TPSA) is 29.5 Å². The molecule has 0 aromatic carbocycles. The van der Waals surface area contributed by atoms with E-state index in [0.29, 0.717) is 17.3 Å². The van der Waals surface area contributed by atoms with Gasteiger partial charge in [0, 0.05) is 13.1 Å². The van der Waals surface area contributed by atoms with Crippen LogP contribution < -0.4 is 0 Å². The van der Waals surface area contributed by atoms with E-state index in [4.69, 9.17) is 4.74 Å². The molecule has 2 atom stereocenters. The van der Waals surface area contributed by atoms with Crippen LogP contribution in [0.1, 0.15) is 33.1 Å². The molecule has 3 rings (SSSR count). The molecule has 3 aliphatic rings. The highest BCUT2D eigenvalue weighted by atomic mass is 19.4. The molecule has 1 amide bonds. The Balaban J connectivity index is 1.41. The lowest BCUT2D eigenvalue weighted by Crippen LogP contribution is -2.37. The number of fused-ring (bicyclic) bond motifs is 1. The number of hydrogen-bond acceptors (Lipinski definition) is 2. The Labute approximate surface area is 116 Å². The third-order valence-electron chi connectivity index (χ3n) is 5.39. The van der Waals surface area contributed by atoms with Gasteiger partial charge in [0.1, 0.15) is 0 Å². The van der Waals surface area contributed by atoms with Crippen LogP contribution in [0.3, 0.4) is 0 Å². The largest absolute Gasteiger partial charge is 0.417 e. The van der Waals surface area contributed by atoms with Gasteiger partial charge in [-0.1, -0.05) is 13.8 Å². The van der Waals surface area contributed by atoms with Crippen LogP contribution in [0.2, 0.25) is 0 Å². The van der Waals surface area contributed by atoms with Gasteiger partial charge in [0.2, 0.25) is 5.91 Å². The highest BCUT2D eigenvalue weighted by Gasteiger charge is 2.65. The van der Waals surface area contributed by atoms with Gasteiger partial charge in [-0.05, 0) is 30.1 Å². The van der Waals surface area contributed by atoms with Gasteiger partial charge in [0.05, 0.1) is 13.0 Å². The van der Waals surface area contributed by atoms with Crippen LogP contribution in [0.4, 0.5) is 13.2 Å². The van der Waals surface area contributed by atoms with Gasteiger partial charge in [-0.25, -0.2) is 0 Å². The van der Waals surface area contributed by atoms with E-state index in [2.05, 4.69) is 13.8 Å². The summed E-state index contributed by atoms with van der Waals surface area (Å²) in [6.45, 7) is 5.77. The Hall–Kier alpha value is -0.780. The molecular formula is C14H20F3NO2. The fourth-order valence-electron chi connectivity index (χ4n) is 3.45. The van der Waals surface area contributed by atoms with E-state index in [1.54, 1.807) is 4.90 Å². The Morgan fingerprint density at radius 2 is 1.80 bits per heavy atom. The van der Waals surface area contributed by atoms with E-state index in [-0.39, 0.29) is 31.8 Å². The highest BCUT2D eigenvalue weighted by Crippen LogP contribution is 2.62. The van der Waals surface area contributed by atoms with Crippen molar-refractivity contribution in [2.75, 3.05) is 19.7 Å². The molecule has 1 aliphatic heterocycles.